The number of fused-ring (bicyclic) bond motifs is 1. The molecule has 1 amide bonds. The van der Waals surface area contributed by atoms with Crippen LogP contribution < -0.4 is 9.64 Å². The highest BCUT2D eigenvalue weighted by Gasteiger charge is 2.35. The van der Waals surface area contributed by atoms with E-state index in [0.717, 1.165) is 33.9 Å². The molecule has 33 heavy (non-hydrogen) atoms. The summed E-state index contributed by atoms with van der Waals surface area (Å²) >= 11 is 6.38. The number of amides is 1. The molecule has 1 fully saturated rings. The predicted molar refractivity (Wildman–Crippen MR) is 132 cm³/mol. The average molecular weight is 460 g/mol. The second kappa shape index (κ2) is 8.91. The van der Waals surface area contributed by atoms with Gasteiger partial charge < -0.3 is 14.2 Å². The van der Waals surface area contributed by atoms with E-state index < -0.39 is 0 Å². The number of para-hydroxylation sites is 3. The molecule has 5 rings (SSSR count). The fourth-order valence-corrected chi connectivity index (χ4v) is 4.87. The molecule has 3 aromatic carbocycles. The van der Waals surface area contributed by atoms with Gasteiger partial charge in [-0.1, -0.05) is 53.6 Å². The maximum Gasteiger partial charge on any atom is 0.227 e. The Morgan fingerprint density at radius 3 is 2.67 bits per heavy atom. The van der Waals surface area contributed by atoms with Crippen molar-refractivity contribution in [3.63, 3.8) is 0 Å². The van der Waals surface area contributed by atoms with E-state index in [2.05, 4.69) is 36.6 Å². The van der Waals surface area contributed by atoms with Crippen molar-refractivity contribution in [2.24, 2.45) is 0 Å². The maximum absolute atomic E-state index is 12.9. The largest absolute Gasteiger partial charge is 0.491 e. The molecule has 0 radical (unpaired) electrons. The molecule has 1 aliphatic heterocycles. The number of nitrogens with zero attached hydrogens (tertiary/aromatic N) is 3. The lowest BCUT2D eigenvalue weighted by atomic mass is 10.1. The zero-order valence-corrected chi connectivity index (χ0v) is 19.5. The van der Waals surface area contributed by atoms with Crippen molar-refractivity contribution in [2.45, 2.75) is 32.7 Å². The van der Waals surface area contributed by atoms with Gasteiger partial charge in [-0.25, -0.2) is 4.98 Å². The zero-order valence-electron chi connectivity index (χ0n) is 18.8. The molecule has 1 unspecified atom stereocenters. The lowest BCUT2D eigenvalue weighted by molar-refractivity contribution is -0.117. The number of benzene rings is 3. The van der Waals surface area contributed by atoms with Crippen molar-refractivity contribution in [2.75, 3.05) is 18.1 Å². The molecule has 0 saturated carbocycles. The minimum absolute atomic E-state index is 0.0118. The van der Waals surface area contributed by atoms with Gasteiger partial charge in [0.1, 0.15) is 18.2 Å². The van der Waals surface area contributed by atoms with Gasteiger partial charge in [-0.05, 0) is 49.7 Å². The third-order valence-corrected chi connectivity index (χ3v) is 6.54. The fourth-order valence-electron chi connectivity index (χ4n) is 4.63. The summed E-state index contributed by atoms with van der Waals surface area (Å²) in [4.78, 5) is 19.6. The van der Waals surface area contributed by atoms with Crippen LogP contribution in [0, 0.1) is 13.8 Å². The SMILES string of the molecule is Cc1ccc(OCCn2c(C3CC(=O)N(c4ccccc4Cl)C3)nc3ccccc32)c(C)c1. The first kappa shape index (κ1) is 21.5. The first-order valence-corrected chi connectivity index (χ1v) is 11.6. The number of rotatable bonds is 6. The third-order valence-electron chi connectivity index (χ3n) is 6.22. The van der Waals surface area contributed by atoms with Crippen LogP contribution in [0.25, 0.3) is 11.0 Å². The van der Waals surface area contributed by atoms with Gasteiger partial charge in [-0.3, -0.25) is 4.79 Å². The smallest absolute Gasteiger partial charge is 0.227 e. The number of aryl methyl sites for hydroxylation is 2. The lowest BCUT2D eigenvalue weighted by Crippen LogP contribution is -2.25. The lowest BCUT2D eigenvalue weighted by Gasteiger charge is -2.18. The Morgan fingerprint density at radius 1 is 1.06 bits per heavy atom. The number of aromatic nitrogens is 2. The molecule has 0 spiro atoms. The van der Waals surface area contributed by atoms with Gasteiger partial charge in [-0.2, -0.15) is 0 Å². The summed E-state index contributed by atoms with van der Waals surface area (Å²) in [6, 6.07) is 21.8. The Balaban J connectivity index is 1.41. The van der Waals surface area contributed by atoms with Gasteiger partial charge in [0.05, 0.1) is 28.3 Å². The number of hydrogen-bond acceptors (Lipinski definition) is 3. The van der Waals surface area contributed by atoms with Gasteiger partial charge in [0.15, 0.2) is 0 Å². The van der Waals surface area contributed by atoms with Crippen molar-refractivity contribution in [3.8, 4) is 5.75 Å². The molecule has 2 heterocycles. The number of anilines is 1. The molecule has 6 heteroatoms. The van der Waals surface area contributed by atoms with Crippen LogP contribution in [0.3, 0.4) is 0 Å². The van der Waals surface area contributed by atoms with Crippen LogP contribution in [0.1, 0.15) is 29.3 Å². The Kier molecular flexibility index (Phi) is 5.81. The number of imidazole rings is 1. The summed E-state index contributed by atoms with van der Waals surface area (Å²) in [7, 11) is 0. The summed E-state index contributed by atoms with van der Waals surface area (Å²) in [5.74, 6) is 1.87. The first-order valence-electron chi connectivity index (χ1n) is 11.2. The van der Waals surface area contributed by atoms with Crippen molar-refractivity contribution < 1.29 is 9.53 Å². The quantitative estimate of drug-likeness (QED) is 0.360. The van der Waals surface area contributed by atoms with Crippen molar-refractivity contribution in [3.05, 3.63) is 88.7 Å². The Morgan fingerprint density at radius 2 is 1.85 bits per heavy atom. The number of halogens is 1. The molecule has 0 N–H and O–H groups in total. The van der Waals surface area contributed by atoms with Crippen LogP contribution in [0.4, 0.5) is 5.69 Å². The minimum atomic E-state index is -0.0118. The number of carbonyl (C=O) groups is 1. The van der Waals surface area contributed by atoms with E-state index in [1.54, 1.807) is 4.90 Å². The van der Waals surface area contributed by atoms with E-state index in [-0.39, 0.29) is 11.8 Å². The van der Waals surface area contributed by atoms with E-state index >= 15 is 0 Å². The van der Waals surface area contributed by atoms with Crippen molar-refractivity contribution in [1.29, 1.82) is 0 Å². The van der Waals surface area contributed by atoms with E-state index in [1.165, 1.54) is 5.56 Å². The molecular weight excluding hydrogens is 434 g/mol. The van der Waals surface area contributed by atoms with Crippen LogP contribution in [0.2, 0.25) is 5.02 Å². The molecule has 4 aromatic rings. The second-order valence-corrected chi connectivity index (χ2v) is 8.99. The topological polar surface area (TPSA) is 47.4 Å². The van der Waals surface area contributed by atoms with Gasteiger partial charge in [-0.15, -0.1) is 0 Å². The normalized spacial score (nSPS) is 16.0. The monoisotopic (exact) mass is 459 g/mol. The standard InChI is InChI=1S/C27H26ClN3O2/c1-18-11-12-25(19(2)15-18)33-14-13-30-24-10-6-4-8-22(24)29-27(30)20-16-26(32)31(17-20)23-9-5-3-7-21(23)28/h3-12,15,20H,13-14,16-17H2,1-2H3. The Bertz CT molecular complexity index is 1330. The molecule has 5 nitrogen and oxygen atoms in total. The third kappa shape index (κ3) is 4.21. The first-order chi connectivity index (χ1) is 16.0. The highest BCUT2D eigenvalue weighted by molar-refractivity contribution is 6.33. The van der Waals surface area contributed by atoms with Crippen LogP contribution in [-0.2, 0) is 11.3 Å². The van der Waals surface area contributed by atoms with Gasteiger partial charge >= 0.3 is 0 Å². The number of hydrogen-bond donors (Lipinski definition) is 0. The number of carbonyl (C=O) groups excluding carboxylic acids is 1. The van der Waals surface area contributed by atoms with Crippen LogP contribution in [0.5, 0.6) is 5.75 Å². The summed E-state index contributed by atoms with van der Waals surface area (Å²) < 4.78 is 8.32. The summed E-state index contributed by atoms with van der Waals surface area (Å²) in [5, 5.41) is 0.585. The molecule has 1 atom stereocenters. The van der Waals surface area contributed by atoms with E-state index in [9.17, 15) is 4.79 Å². The summed E-state index contributed by atoms with van der Waals surface area (Å²) in [6.07, 6.45) is 0.409. The van der Waals surface area contributed by atoms with Crippen LogP contribution in [0.15, 0.2) is 66.7 Å². The zero-order chi connectivity index (χ0) is 22.9. The fraction of sp³-hybridized carbons (Fsp3) is 0.259. The molecule has 1 aromatic heterocycles. The molecule has 168 valence electrons. The van der Waals surface area contributed by atoms with Gasteiger partial charge in [0.2, 0.25) is 5.91 Å². The average Bonchev–Trinajstić information content (AvgIpc) is 3.36. The predicted octanol–water partition coefficient (Wildman–Crippen LogP) is 5.91. The molecule has 0 aliphatic carbocycles. The Hall–Kier alpha value is -3.31. The van der Waals surface area contributed by atoms with Crippen LogP contribution in [-0.4, -0.2) is 28.6 Å². The highest BCUT2D eigenvalue weighted by atomic mass is 35.5. The summed E-state index contributed by atoms with van der Waals surface area (Å²) in [6.45, 7) is 5.87. The number of ether oxygens (including phenoxy) is 1. The van der Waals surface area contributed by atoms with E-state index in [1.807, 2.05) is 48.5 Å². The van der Waals surface area contributed by atoms with Gasteiger partial charge in [0.25, 0.3) is 0 Å². The molecule has 1 aliphatic rings. The van der Waals surface area contributed by atoms with Crippen molar-refractivity contribution in [1.82, 2.24) is 9.55 Å². The van der Waals surface area contributed by atoms with E-state index in [0.29, 0.717) is 31.1 Å². The minimum Gasteiger partial charge on any atom is -0.491 e. The van der Waals surface area contributed by atoms with Crippen LogP contribution >= 0.6 is 11.6 Å². The van der Waals surface area contributed by atoms with E-state index in [4.69, 9.17) is 21.3 Å². The second-order valence-electron chi connectivity index (χ2n) is 8.58. The highest BCUT2D eigenvalue weighted by Crippen LogP contribution is 2.36. The molecule has 1 saturated heterocycles. The van der Waals surface area contributed by atoms with Crippen molar-refractivity contribution >= 4 is 34.2 Å². The molecular formula is C27H26ClN3O2. The maximum atomic E-state index is 12.9. The molecule has 0 bridgehead atoms. The Labute approximate surface area is 198 Å². The van der Waals surface area contributed by atoms with Gasteiger partial charge in [0, 0.05) is 18.9 Å². The summed E-state index contributed by atoms with van der Waals surface area (Å²) in [5.41, 5.74) is 5.09.